The van der Waals surface area contributed by atoms with Crippen molar-refractivity contribution in [3.05, 3.63) is 36.5 Å². The fourth-order valence-electron chi connectivity index (χ4n) is 15.2. The second kappa shape index (κ2) is 56.2. The first-order valence-electron chi connectivity index (χ1n) is 43.9. The average molecular weight is 1830 g/mol. The number of aliphatic hydroxyl groups is 23. The van der Waals surface area contributed by atoms with E-state index in [0.29, 0.717) is 25.7 Å². The smallest absolute Gasteiger partial charge is 0.462 e. The molecule has 0 aromatic carbocycles. The van der Waals surface area contributed by atoms with Crippen LogP contribution >= 0.6 is 7.82 Å². The van der Waals surface area contributed by atoms with E-state index in [1.807, 2.05) is 0 Å². The number of phosphoric ester groups is 1. The largest absolute Gasteiger partial charge is 0.472 e. The van der Waals surface area contributed by atoms with Crippen molar-refractivity contribution in [2.45, 2.75) is 408 Å². The quantitative estimate of drug-likeness (QED) is 0.0118. The van der Waals surface area contributed by atoms with Gasteiger partial charge >= 0.3 is 19.8 Å². The lowest BCUT2D eigenvalue weighted by Gasteiger charge is -2.49. The fraction of sp³-hybridized carbons (Fsp3) is 0.901. The highest BCUT2D eigenvalue weighted by Gasteiger charge is 2.60. The molecular weight excluding hydrogens is 1690 g/mol. The molecule has 16 unspecified atom stereocenters. The molecular formula is C81H141O43P. The zero-order valence-electron chi connectivity index (χ0n) is 70.8. The van der Waals surface area contributed by atoms with Crippen LogP contribution in [-0.2, 0) is 89.5 Å². The van der Waals surface area contributed by atoms with Crippen molar-refractivity contribution in [3.63, 3.8) is 0 Å². The summed E-state index contributed by atoms with van der Waals surface area (Å²) in [5.41, 5.74) is 0. The predicted molar refractivity (Wildman–Crippen MR) is 426 cm³/mol. The Kier molecular flexibility index (Phi) is 48.9. The molecule has 38 atom stereocenters. The lowest BCUT2D eigenvalue weighted by atomic mass is 9.84. The van der Waals surface area contributed by atoms with Crippen LogP contribution in [0.1, 0.15) is 181 Å². The molecule has 1 saturated carbocycles. The molecule has 0 radical (unpaired) electrons. The van der Waals surface area contributed by atoms with Gasteiger partial charge in [-0.1, -0.05) is 134 Å². The third kappa shape index (κ3) is 33.2. The van der Waals surface area contributed by atoms with Crippen LogP contribution in [0.15, 0.2) is 36.5 Å². The van der Waals surface area contributed by atoms with Gasteiger partial charge in [-0.25, -0.2) is 4.57 Å². The van der Waals surface area contributed by atoms with Crippen LogP contribution in [0.25, 0.3) is 0 Å². The van der Waals surface area contributed by atoms with E-state index in [4.69, 9.17) is 75.4 Å². The highest BCUT2D eigenvalue weighted by Crippen LogP contribution is 2.49. The maximum atomic E-state index is 14.5. The van der Waals surface area contributed by atoms with E-state index in [9.17, 15) is 136 Å². The first-order valence-corrected chi connectivity index (χ1v) is 45.4. The number of phosphoric acid groups is 1. The van der Waals surface area contributed by atoms with Gasteiger partial charge in [0.2, 0.25) is 0 Å². The van der Waals surface area contributed by atoms with E-state index in [1.165, 1.54) is 51.4 Å². The number of carbonyl (C=O) groups is 2. The van der Waals surface area contributed by atoms with Gasteiger partial charge < -0.3 is 189 Å². The summed E-state index contributed by atoms with van der Waals surface area (Å²) in [5.74, 6) is -1.53. The molecule has 0 bridgehead atoms. The number of rotatable bonds is 55. The Labute approximate surface area is 726 Å². The maximum Gasteiger partial charge on any atom is 0.472 e. The number of carbonyl (C=O) groups excluding carboxylic acids is 2. The van der Waals surface area contributed by atoms with Crippen molar-refractivity contribution in [1.29, 1.82) is 0 Å². The summed E-state index contributed by atoms with van der Waals surface area (Å²) in [6.45, 7) is -2.98. The molecule has 0 aromatic rings. The number of aliphatic hydroxyl groups excluding tert-OH is 23. The van der Waals surface area contributed by atoms with E-state index in [-0.39, 0.29) is 12.8 Å². The van der Waals surface area contributed by atoms with Crippen molar-refractivity contribution in [3.8, 4) is 0 Å². The first-order chi connectivity index (χ1) is 59.7. The fourth-order valence-corrected chi connectivity index (χ4v) is 16.2. The van der Waals surface area contributed by atoms with E-state index in [0.717, 1.165) is 77.0 Å². The average Bonchev–Trinajstić information content (AvgIpc) is 0.755. The van der Waals surface area contributed by atoms with E-state index >= 15 is 0 Å². The lowest BCUT2D eigenvalue weighted by molar-refractivity contribution is -0.365. The molecule has 44 heteroatoms. The van der Waals surface area contributed by atoms with Crippen molar-refractivity contribution in [2.75, 3.05) is 52.9 Å². The zero-order chi connectivity index (χ0) is 91.6. The molecule has 7 aliphatic rings. The number of esters is 2. The monoisotopic (exact) mass is 1830 g/mol. The molecule has 24 N–H and O–H groups in total. The van der Waals surface area contributed by atoms with Gasteiger partial charge in [-0.05, 0) is 70.6 Å². The minimum Gasteiger partial charge on any atom is -0.462 e. The number of ether oxygens (including phenoxy) is 14. The van der Waals surface area contributed by atoms with Crippen LogP contribution < -0.4 is 0 Å². The van der Waals surface area contributed by atoms with Gasteiger partial charge in [0.1, 0.15) is 190 Å². The van der Waals surface area contributed by atoms with Crippen LogP contribution in [0.3, 0.4) is 0 Å². The summed E-state index contributed by atoms with van der Waals surface area (Å²) in [7, 11) is -5.90. The van der Waals surface area contributed by atoms with E-state index in [2.05, 4.69) is 50.3 Å². The Hall–Kier alpha value is -3.13. The Morgan fingerprint density at radius 3 is 0.968 bits per heavy atom. The number of hydrogen-bond donors (Lipinski definition) is 24. The Bertz CT molecular complexity index is 3120. The summed E-state index contributed by atoms with van der Waals surface area (Å²) in [6, 6.07) is 0. The molecule has 7 fully saturated rings. The molecule has 1 aliphatic carbocycles. The summed E-state index contributed by atoms with van der Waals surface area (Å²) < 4.78 is 104. The topological polar surface area (TPSA) is 684 Å². The van der Waals surface area contributed by atoms with Gasteiger partial charge in [0.05, 0.1) is 46.2 Å². The van der Waals surface area contributed by atoms with Crippen molar-refractivity contribution >= 4 is 19.8 Å². The van der Waals surface area contributed by atoms with Crippen molar-refractivity contribution in [2.24, 2.45) is 0 Å². The van der Waals surface area contributed by atoms with Crippen LogP contribution in [-0.4, -0.2) is 414 Å². The summed E-state index contributed by atoms with van der Waals surface area (Å²) in [6.07, 6.45) is -41.4. The molecule has 728 valence electrons. The highest BCUT2D eigenvalue weighted by molar-refractivity contribution is 7.47. The maximum absolute atomic E-state index is 14.5. The SMILES string of the molecule is CCCCC/C=C\C/C=C\CCCCCCCC(=O)OC[C@H](COP(=O)(O)O[C@@H]1C(O[C@@H]2OC(CO[C@@H]3OC(CO[C@@H]4OC(CO[C@@H]5OC(CO[C@@H]6OC(CO)[C@H](O)C(O)[C@@H]6O)[C@H](O)C(O)[C@@H]5O)[C@H](O)C(O)[C@@H]4O)[C@H](O)C(O)[C@@H]3O)[C@H](O)C(O)[C@@H]2O)C(O)[C@@H](O)C(O)[C@H]1O[C@H]1OC(CO)[C@@H](O)C(O)[C@H]1O)OC(=O)CCCCCCC/C=C\CCCCCCCC. The molecule has 6 heterocycles. The molecule has 0 spiro atoms. The van der Waals surface area contributed by atoms with Gasteiger partial charge in [-0.3, -0.25) is 18.6 Å². The summed E-state index contributed by atoms with van der Waals surface area (Å²) >= 11 is 0. The molecule has 0 aromatic heterocycles. The van der Waals surface area contributed by atoms with Gasteiger partial charge in [-0.2, -0.15) is 0 Å². The molecule has 6 saturated heterocycles. The van der Waals surface area contributed by atoms with Crippen molar-refractivity contribution in [1.82, 2.24) is 0 Å². The van der Waals surface area contributed by atoms with Crippen LogP contribution in [0.5, 0.6) is 0 Å². The third-order valence-corrected chi connectivity index (χ3v) is 24.0. The standard InChI is InChI=1S/C81H141O43P/c1-3-5-7-9-11-13-15-17-19-21-23-25-27-29-31-33-50(84)109-37-43(115-51(85)34-32-30-28-26-24-22-20-18-16-14-12-10-8-6-4-2)38-114-125(107,108)124-75-73(122-80-71(105)59(93)53(87)45(36-83)117-80)65(99)64(98)66(100)74(75)123-81-72(106)63(97)57(91)49(121-81)42-113-79-70(104)62(96)56(90)48(120-79)41-112-78-69(103)61(95)55(89)47(119-78)40-111-77-68(102)60(94)54(88)46(118-77)39-110-76-67(101)58(92)52(86)44(35-82)116-76/h11,13,17-20,43-49,52-83,86-106H,3-10,12,14-16,21-42H2,1-2H3,(H,107,108)/b13-11-,19-17-,20-18-/t43-,44?,45?,46?,47?,48?,49?,52+,53-,54+,55+,56+,57+,58?,59?,60?,61?,62?,63?,64+,65?,66?,67+,68+,69+,70+,71-,72+,73-,74?,75+,76-,77-,78-,79-,80-,81+/m1/s1. The molecule has 6 aliphatic heterocycles. The van der Waals surface area contributed by atoms with Gasteiger partial charge in [0, 0.05) is 12.8 Å². The van der Waals surface area contributed by atoms with Gasteiger partial charge in [0.15, 0.2) is 43.8 Å². The molecule has 7 rings (SSSR count). The minimum absolute atomic E-state index is 0.0525. The summed E-state index contributed by atoms with van der Waals surface area (Å²) in [4.78, 5) is 38.5. The minimum atomic E-state index is -5.90. The number of unbranched alkanes of at least 4 members (excludes halogenated alkanes) is 19. The van der Waals surface area contributed by atoms with Gasteiger partial charge in [0.25, 0.3) is 0 Å². The Balaban J connectivity index is 1.00. The summed E-state index contributed by atoms with van der Waals surface area (Å²) in [5, 5.41) is 250. The predicted octanol–water partition coefficient (Wildman–Crippen LogP) is -4.44. The van der Waals surface area contributed by atoms with Crippen LogP contribution in [0.4, 0.5) is 0 Å². The molecule has 0 amide bonds. The van der Waals surface area contributed by atoms with Crippen molar-refractivity contribution < 1.29 is 212 Å². The van der Waals surface area contributed by atoms with E-state index in [1.54, 1.807) is 0 Å². The zero-order valence-corrected chi connectivity index (χ0v) is 71.7. The highest BCUT2D eigenvalue weighted by atomic mass is 31.2. The van der Waals surface area contributed by atoms with Gasteiger partial charge in [-0.15, -0.1) is 0 Å². The second-order valence-corrected chi connectivity index (χ2v) is 34.3. The number of hydrogen-bond acceptors (Lipinski definition) is 42. The molecule has 43 nitrogen and oxygen atoms in total. The second-order valence-electron chi connectivity index (χ2n) is 32.9. The van der Waals surface area contributed by atoms with Crippen LogP contribution in [0, 0.1) is 0 Å². The van der Waals surface area contributed by atoms with Crippen LogP contribution in [0.2, 0.25) is 0 Å². The lowest BCUT2D eigenvalue weighted by Crippen LogP contribution is -2.69. The molecule has 125 heavy (non-hydrogen) atoms. The van der Waals surface area contributed by atoms with E-state index < -0.39 is 300 Å². The Morgan fingerprint density at radius 2 is 0.600 bits per heavy atom. The number of allylic oxidation sites excluding steroid dienone is 6. The Morgan fingerprint density at radius 1 is 0.320 bits per heavy atom. The first kappa shape index (κ1) is 109. The normalized spacial score (nSPS) is 39.3. The third-order valence-electron chi connectivity index (χ3n) is 23.1.